The number of nitrogens with zero attached hydrogens (tertiary/aromatic N) is 3. The number of nitrogens with one attached hydrogen (secondary N) is 3. The van der Waals surface area contributed by atoms with Gasteiger partial charge in [0.25, 0.3) is 5.91 Å². The number of carbonyl (C=O) groups is 3. The van der Waals surface area contributed by atoms with Crippen LogP contribution in [0.25, 0.3) is 0 Å². The molecule has 0 saturated carbocycles. The van der Waals surface area contributed by atoms with Crippen molar-refractivity contribution in [2.75, 3.05) is 58.3 Å². The number of anilines is 1. The van der Waals surface area contributed by atoms with E-state index in [0.29, 0.717) is 31.8 Å². The highest BCUT2D eigenvalue weighted by atomic mass is 32.2. The van der Waals surface area contributed by atoms with E-state index in [1.807, 2.05) is 26.0 Å². The summed E-state index contributed by atoms with van der Waals surface area (Å²) in [7, 11) is 1.60. The molecule has 3 amide bonds. The minimum absolute atomic E-state index is 0. The number of carbonyl (C=O) groups excluding carboxylic acids is 3. The second-order valence-electron chi connectivity index (χ2n) is 11.1. The number of hydrogen-bond acceptors (Lipinski definition) is 8. The number of likely N-dealkylation sites (tertiary alicyclic amines) is 1. The van der Waals surface area contributed by atoms with E-state index in [9.17, 15) is 19.6 Å². The van der Waals surface area contributed by atoms with E-state index in [-0.39, 0.29) is 45.1 Å². The third-order valence-electron chi connectivity index (χ3n) is 7.72. The molecular formula is C31H54N6O4S. The number of ether oxygens (including phenoxy) is 1. The number of thioether (sulfide) groups is 1. The standard InChI is InChI=1S/C31H48N6O4S.3H2/c1-4-9-26(22-41-3)35-28(38)19-24(20-32)31-37(15-5-2)30(40)27(42-31)21-34-25-12-10-23(11-13-25)29(39)33-14-18-36-16-7-6-8-17-36;;;/h10-13,24,26-27,31,34H,4-9,14-19,21-22H2,1-3H3,(H,33,39)(H,35,38);3*1H/t24?,26?,27?,31-;;;/m0.../s1. The van der Waals surface area contributed by atoms with Crippen LogP contribution in [-0.4, -0.2) is 97.2 Å². The fourth-order valence-electron chi connectivity index (χ4n) is 5.54. The highest BCUT2D eigenvalue weighted by Crippen LogP contribution is 2.37. The van der Waals surface area contributed by atoms with E-state index in [0.717, 1.165) is 44.6 Å². The van der Waals surface area contributed by atoms with Crippen LogP contribution in [0.5, 0.6) is 0 Å². The van der Waals surface area contributed by atoms with Gasteiger partial charge in [0.05, 0.1) is 30.0 Å². The summed E-state index contributed by atoms with van der Waals surface area (Å²) in [6.45, 7) is 9.12. The minimum atomic E-state index is -0.618. The highest BCUT2D eigenvalue weighted by molar-refractivity contribution is 8.01. The van der Waals surface area contributed by atoms with Crippen LogP contribution in [0.2, 0.25) is 0 Å². The molecule has 1 aromatic rings. The zero-order valence-electron chi connectivity index (χ0n) is 25.4. The lowest BCUT2D eigenvalue weighted by molar-refractivity contribution is -0.131. The summed E-state index contributed by atoms with van der Waals surface area (Å²) in [6.07, 6.45) is 6.27. The molecule has 0 bridgehead atoms. The van der Waals surface area contributed by atoms with Crippen molar-refractivity contribution in [1.82, 2.24) is 20.4 Å². The second-order valence-corrected chi connectivity index (χ2v) is 12.4. The van der Waals surface area contributed by atoms with E-state index >= 15 is 0 Å². The highest BCUT2D eigenvalue weighted by Gasteiger charge is 2.44. The molecule has 0 spiro atoms. The summed E-state index contributed by atoms with van der Waals surface area (Å²) in [5, 5.41) is 18.5. The van der Waals surface area contributed by atoms with Crippen LogP contribution in [0.4, 0.5) is 5.69 Å². The zero-order valence-corrected chi connectivity index (χ0v) is 26.2. The number of methoxy groups -OCH3 is 1. The fraction of sp³-hybridized carbons (Fsp3) is 0.677. The number of benzene rings is 1. The molecule has 10 nitrogen and oxygen atoms in total. The van der Waals surface area contributed by atoms with Gasteiger partial charge in [0.15, 0.2) is 0 Å². The molecule has 2 aliphatic heterocycles. The summed E-state index contributed by atoms with van der Waals surface area (Å²) in [5.74, 6) is -0.923. The van der Waals surface area contributed by atoms with Crippen molar-refractivity contribution >= 4 is 35.2 Å². The third-order valence-corrected chi connectivity index (χ3v) is 9.28. The van der Waals surface area contributed by atoms with Crippen LogP contribution in [0.3, 0.4) is 0 Å². The van der Waals surface area contributed by atoms with Crippen molar-refractivity contribution < 1.29 is 23.4 Å². The Kier molecular flexibility index (Phi) is 14.4. The predicted molar refractivity (Wildman–Crippen MR) is 174 cm³/mol. The molecule has 2 aliphatic rings. The molecule has 42 heavy (non-hydrogen) atoms. The van der Waals surface area contributed by atoms with Crippen LogP contribution in [0.15, 0.2) is 24.3 Å². The van der Waals surface area contributed by atoms with Crippen molar-refractivity contribution in [3.05, 3.63) is 29.8 Å². The first-order chi connectivity index (χ1) is 20.4. The summed E-state index contributed by atoms with van der Waals surface area (Å²) in [6, 6.07) is 9.47. The maximum absolute atomic E-state index is 13.3. The van der Waals surface area contributed by atoms with E-state index in [4.69, 9.17) is 4.74 Å². The fourth-order valence-corrected chi connectivity index (χ4v) is 7.01. The van der Waals surface area contributed by atoms with Crippen LogP contribution >= 0.6 is 11.8 Å². The number of rotatable bonds is 17. The summed E-state index contributed by atoms with van der Waals surface area (Å²) >= 11 is 1.45. The molecule has 3 rings (SSSR count). The van der Waals surface area contributed by atoms with E-state index in [2.05, 4.69) is 26.9 Å². The SMILES string of the molecule is CCCC(COC)NC(=O)CC(C#N)[C@@H]1SC(CNc2ccc(C(=O)NCCN3CCCCC3)cc2)C(=O)N1CCC.[HH].[HH].[HH]. The smallest absolute Gasteiger partial charge is 0.251 e. The maximum Gasteiger partial charge on any atom is 0.251 e. The normalized spacial score (nSPS) is 20.5. The summed E-state index contributed by atoms with van der Waals surface area (Å²) in [4.78, 5) is 42.8. The topological polar surface area (TPSA) is 127 Å². The van der Waals surface area contributed by atoms with E-state index in [1.165, 1.54) is 31.0 Å². The Bertz CT molecular complexity index is 1050. The lowest BCUT2D eigenvalue weighted by Gasteiger charge is -2.27. The van der Waals surface area contributed by atoms with E-state index < -0.39 is 5.92 Å². The Hall–Kier alpha value is -2.81. The van der Waals surface area contributed by atoms with Gasteiger partial charge in [0, 0.05) is 55.2 Å². The molecular weight excluding hydrogens is 552 g/mol. The molecule has 0 aromatic heterocycles. The Morgan fingerprint density at radius 1 is 1.14 bits per heavy atom. The number of hydrogen-bond donors (Lipinski definition) is 3. The van der Waals surface area contributed by atoms with Gasteiger partial charge in [-0.2, -0.15) is 5.26 Å². The Morgan fingerprint density at radius 2 is 1.88 bits per heavy atom. The molecule has 238 valence electrons. The number of piperidine rings is 1. The van der Waals surface area contributed by atoms with Crippen molar-refractivity contribution in [2.24, 2.45) is 5.92 Å². The maximum atomic E-state index is 13.3. The van der Waals surface area contributed by atoms with Crippen LogP contribution < -0.4 is 16.0 Å². The molecule has 11 heteroatoms. The number of amides is 3. The molecule has 4 atom stereocenters. The average molecular weight is 607 g/mol. The molecule has 3 unspecified atom stereocenters. The number of nitriles is 1. The van der Waals surface area contributed by atoms with Gasteiger partial charge in [-0.05, 0) is 63.0 Å². The van der Waals surface area contributed by atoms with Gasteiger partial charge in [-0.25, -0.2) is 0 Å². The lowest BCUT2D eigenvalue weighted by atomic mass is 10.0. The van der Waals surface area contributed by atoms with Crippen molar-refractivity contribution in [3.63, 3.8) is 0 Å². The largest absolute Gasteiger partial charge is 0.383 e. The lowest BCUT2D eigenvalue weighted by Crippen LogP contribution is -2.42. The minimum Gasteiger partial charge on any atom is -0.383 e. The molecule has 2 heterocycles. The Labute approximate surface area is 259 Å². The molecule has 2 saturated heterocycles. The van der Waals surface area contributed by atoms with Gasteiger partial charge in [-0.1, -0.05) is 26.7 Å². The molecule has 0 radical (unpaired) electrons. The van der Waals surface area contributed by atoms with Gasteiger partial charge in [-0.15, -0.1) is 11.8 Å². The molecule has 3 N–H and O–H groups in total. The molecule has 0 aliphatic carbocycles. The second kappa shape index (κ2) is 18.0. The Balaban J connectivity index is 0.00000645. The van der Waals surface area contributed by atoms with Gasteiger partial charge in [-0.3, -0.25) is 14.4 Å². The summed E-state index contributed by atoms with van der Waals surface area (Å²) < 4.78 is 5.22. The first-order valence-corrected chi connectivity index (χ1v) is 16.3. The quantitative estimate of drug-likeness (QED) is 0.241. The van der Waals surface area contributed by atoms with Gasteiger partial charge >= 0.3 is 0 Å². The van der Waals surface area contributed by atoms with Gasteiger partial charge < -0.3 is 30.5 Å². The van der Waals surface area contributed by atoms with Gasteiger partial charge in [0.2, 0.25) is 11.8 Å². The molecule has 2 fully saturated rings. The zero-order chi connectivity index (χ0) is 30.3. The van der Waals surface area contributed by atoms with Crippen molar-refractivity contribution in [1.29, 1.82) is 5.26 Å². The van der Waals surface area contributed by atoms with Crippen LogP contribution in [-0.2, 0) is 14.3 Å². The van der Waals surface area contributed by atoms with Crippen molar-refractivity contribution in [3.8, 4) is 6.07 Å². The molecule has 1 aromatic carbocycles. The third kappa shape index (κ3) is 10.2. The van der Waals surface area contributed by atoms with Crippen LogP contribution in [0.1, 0.15) is 73.4 Å². The van der Waals surface area contributed by atoms with E-state index in [1.54, 1.807) is 24.1 Å². The average Bonchev–Trinajstić information content (AvgIpc) is 3.30. The predicted octanol–water partition coefficient (Wildman–Crippen LogP) is 4.19. The van der Waals surface area contributed by atoms with Crippen LogP contribution in [0, 0.1) is 17.2 Å². The Morgan fingerprint density at radius 3 is 2.52 bits per heavy atom. The van der Waals surface area contributed by atoms with Gasteiger partial charge in [0.1, 0.15) is 5.25 Å². The first-order valence-electron chi connectivity index (χ1n) is 15.4. The first kappa shape index (κ1) is 33.7. The van der Waals surface area contributed by atoms with Crippen molar-refractivity contribution in [2.45, 2.75) is 75.5 Å². The summed E-state index contributed by atoms with van der Waals surface area (Å²) in [5.41, 5.74) is 1.41. The monoisotopic (exact) mass is 606 g/mol.